The molecule has 21 heavy (non-hydrogen) atoms. The van der Waals surface area contributed by atoms with Gasteiger partial charge in [-0.1, -0.05) is 13.8 Å². The summed E-state index contributed by atoms with van der Waals surface area (Å²) >= 11 is 3.16. The molecule has 1 fully saturated rings. The van der Waals surface area contributed by atoms with E-state index in [1.54, 1.807) is 0 Å². The first kappa shape index (κ1) is 16.9. The van der Waals surface area contributed by atoms with Gasteiger partial charge in [-0.25, -0.2) is 8.78 Å². The summed E-state index contributed by atoms with van der Waals surface area (Å²) in [5, 5.41) is 3.56. The highest BCUT2D eigenvalue weighted by atomic mass is 79.9. The average molecular weight is 360 g/mol. The molecule has 0 spiro atoms. The largest absolute Gasteiger partial charge is 0.314 e. The summed E-state index contributed by atoms with van der Waals surface area (Å²) in [5.74, 6) is 0.0668. The van der Waals surface area contributed by atoms with Crippen LogP contribution in [0.3, 0.4) is 0 Å². The molecule has 4 heteroatoms. The lowest BCUT2D eigenvalue weighted by Crippen LogP contribution is -2.41. The van der Waals surface area contributed by atoms with E-state index < -0.39 is 11.6 Å². The number of hydrogen-bond acceptors (Lipinski definition) is 1. The van der Waals surface area contributed by atoms with E-state index in [9.17, 15) is 8.78 Å². The minimum absolute atomic E-state index is 0.228. The van der Waals surface area contributed by atoms with Crippen molar-refractivity contribution in [2.75, 3.05) is 6.54 Å². The maximum atomic E-state index is 14.2. The van der Waals surface area contributed by atoms with Gasteiger partial charge in [0.2, 0.25) is 0 Å². The summed E-state index contributed by atoms with van der Waals surface area (Å²) in [7, 11) is 0. The van der Waals surface area contributed by atoms with Gasteiger partial charge in [-0.15, -0.1) is 0 Å². The zero-order chi connectivity index (χ0) is 15.4. The predicted molar refractivity (Wildman–Crippen MR) is 86.3 cm³/mol. The van der Waals surface area contributed by atoms with Gasteiger partial charge in [0.1, 0.15) is 11.6 Å². The second-order valence-electron chi connectivity index (χ2n) is 6.26. The Balaban J connectivity index is 2.16. The Bertz CT molecular complexity index is 476. The van der Waals surface area contributed by atoms with Crippen LogP contribution in [-0.4, -0.2) is 12.6 Å². The van der Waals surface area contributed by atoms with Gasteiger partial charge in [-0.2, -0.15) is 0 Å². The van der Waals surface area contributed by atoms with Gasteiger partial charge in [0, 0.05) is 11.6 Å². The van der Waals surface area contributed by atoms with Crippen LogP contribution < -0.4 is 5.32 Å². The smallest absolute Gasteiger partial charge is 0.143 e. The summed E-state index contributed by atoms with van der Waals surface area (Å²) in [6.07, 6.45) is 4.89. The lowest BCUT2D eigenvalue weighted by molar-refractivity contribution is 0.209. The Morgan fingerprint density at radius 2 is 2.05 bits per heavy atom. The number of benzene rings is 1. The highest BCUT2D eigenvalue weighted by molar-refractivity contribution is 9.10. The Morgan fingerprint density at radius 3 is 2.76 bits per heavy atom. The molecule has 1 aliphatic rings. The van der Waals surface area contributed by atoms with Crippen LogP contribution in [0.25, 0.3) is 0 Å². The maximum absolute atomic E-state index is 14.2. The Hall–Kier alpha value is -0.480. The van der Waals surface area contributed by atoms with Crippen LogP contribution in [0, 0.1) is 23.5 Å². The quantitative estimate of drug-likeness (QED) is 0.723. The molecule has 0 radical (unpaired) electrons. The zero-order valence-electron chi connectivity index (χ0n) is 12.8. The van der Waals surface area contributed by atoms with Crippen LogP contribution in [-0.2, 0) is 6.42 Å². The second-order valence-corrected chi connectivity index (χ2v) is 7.12. The zero-order valence-corrected chi connectivity index (χ0v) is 14.3. The molecule has 2 rings (SSSR count). The molecule has 0 bridgehead atoms. The molecular formula is C17H24BrF2N. The van der Waals surface area contributed by atoms with Crippen LogP contribution in [0.15, 0.2) is 16.6 Å². The molecule has 0 aromatic heterocycles. The van der Waals surface area contributed by atoms with E-state index in [0.29, 0.717) is 28.8 Å². The van der Waals surface area contributed by atoms with Crippen molar-refractivity contribution in [3.05, 3.63) is 33.8 Å². The Morgan fingerprint density at radius 1 is 1.29 bits per heavy atom. The predicted octanol–water partition coefficient (Wildman–Crippen LogP) is 5.07. The number of hydrogen-bond donors (Lipinski definition) is 1. The maximum Gasteiger partial charge on any atom is 0.143 e. The van der Waals surface area contributed by atoms with E-state index in [1.165, 1.54) is 18.6 Å². The highest BCUT2D eigenvalue weighted by Gasteiger charge is 2.30. The van der Waals surface area contributed by atoms with Crippen molar-refractivity contribution in [1.29, 1.82) is 0 Å². The molecule has 0 heterocycles. The van der Waals surface area contributed by atoms with Crippen LogP contribution in [0.4, 0.5) is 8.78 Å². The van der Waals surface area contributed by atoms with Gasteiger partial charge in [-0.3, -0.25) is 0 Å². The van der Waals surface area contributed by atoms with Gasteiger partial charge in [-0.05, 0) is 78.5 Å². The minimum Gasteiger partial charge on any atom is -0.314 e. The van der Waals surface area contributed by atoms with E-state index in [2.05, 4.69) is 35.1 Å². The summed E-state index contributed by atoms with van der Waals surface area (Å²) < 4.78 is 28.5. The Kier molecular flexibility index (Phi) is 6.18. The molecule has 0 amide bonds. The summed E-state index contributed by atoms with van der Waals surface area (Å²) in [4.78, 5) is 0. The molecule has 3 unspecified atom stereocenters. The molecule has 1 aromatic carbocycles. The first-order valence-corrected chi connectivity index (χ1v) is 8.68. The lowest BCUT2D eigenvalue weighted by Gasteiger charge is -2.36. The van der Waals surface area contributed by atoms with Crippen LogP contribution in [0.2, 0.25) is 0 Å². The number of halogens is 3. The van der Waals surface area contributed by atoms with Crippen molar-refractivity contribution >= 4 is 15.9 Å². The first-order chi connectivity index (χ1) is 10.0. The van der Waals surface area contributed by atoms with E-state index in [4.69, 9.17) is 0 Å². The summed E-state index contributed by atoms with van der Waals surface area (Å²) in [5.41, 5.74) is 0.228. The normalized spacial score (nSPS) is 26.0. The van der Waals surface area contributed by atoms with E-state index >= 15 is 0 Å². The van der Waals surface area contributed by atoms with Gasteiger partial charge in [0.15, 0.2) is 0 Å². The molecule has 3 atom stereocenters. The second kappa shape index (κ2) is 7.68. The third kappa shape index (κ3) is 4.26. The minimum atomic E-state index is -0.442. The van der Waals surface area contributed by atoms with Crippen molar-refractivity contribution in [1.82, 2.24) is 5.32 Å². The lowest BCUT2D eigenvalue weighted by atomic mass is 9.76. The van der Waals surface area contributed by atoms with Gasteiger partial charge in [0.25, 0.3) is 0 Å². The molecule has 0 aliphatic heterocycles. The summed E-state index contributed by atoms with van der Waals surface area (Å²) in [6, 6.07) is 3.16. The molecular weight excluding hydrogens is 336 g/mol. The molecule has 1 nitrogen and oxygen atoms in total. The van der Waals surface area contributed by atoms with Crippen molar-refractivity contribution in [2.45, 2.75) is 52.0 Å². The molecule has 1 N–H and O–H groups in total. The van der Waals surface area contributed by atoms with Crippen molar-refractivity contribution in [3.8, 4) is 0 Å². The number of nitrogens with one attached hydrogen (secondary N) is 1. The van der Waals surface area contributed by atoms with E-state index in [1.807, 2.05) is 0 Å². The SMILES string of the molecule is CCCNC1CCC(C)CC1Cc1c(F)ccc(Br)c1F. The fourth-order valence-electron chi connectivity index (χ4n) is 3.34. The van der Waals surface area contributed by atoms with Crippen LogP contribution in [0.1, 0.15) is 45.1 Å². The fraction of sp³-hybridized carbons (Fsp3) is 0.647. The molecule has 1 aliphatic carbocycles. The summed E-state index contributed by atoms with van der Waals surface area (Å²) in [6.45, 7) is 5.34. The highest BCUT2D eigenvalue weighted by Crippen LogP contribution is 2.33. The molecule has 0 saturated heterocycles. The Labute approximate surface area is 134 Å². The van der Waals surface area contributed by atoms with E-state index in [-0.39, 0.29) is 5.56 Å². The number of rotatable bonds is 5. The first-order valence-electron chi connectivity index (χ1n) is 7.88. The van der Waals surface area contributed by atoms with Gasteiger partial charge in [0.05, 0.1) is 4.47 Å². The standard InChI is InChI=1S/C17H24BrF2N/c1-3-8-21-16-7-4-11(2)9-12(16)10-13-15(19)6-5-14(18)17(13)20/h5-6,11-12,16,21H,3-4,7-10H2,1-2H3. The average Bonchev–Trinajstić information content (AvgIpc) is 2.47. The van der Waals surface area contributed by atoms with Crippen molar-refractivity contribution in [3.63, 3.8) is 0 Å². The van der Waals surface area contributed by atoms with Crippen molar-refractivity contribution in [2.24, 2.45) is 11.8 Å². The third-order valence-electron chi connectivity index (χ3n) is 4.51. The monoisotopic (exact) mass is 359 g/mol. The topological polar surface area (TPSA) is 12.0 Å². The fourth-order valence-corrected chi connectivity index (χ4v) is 3.71. The van der Waals surface area contributed by atoms with Gasteiger partial charge < -0.3 is 5.32 Å². The molecule has 1 saturated carbocycles. The van der Waals surface area contributed by atoms with Crippen molar-refractivity contribution < 1.29 is 8.78 Å². The molecule has 1 aromatic rings. The van der Waals surface area contributed by atoms with E-state index in [0.717, 1.165) is 25.8 Å². The van der Waals surface area contributed by atoms with Crippen LogP contribution in [0.5, 0.6) is 0 Å². The molecule has 118 valence electrons. The van der Waals surface area contributed by atoms with Crippen LogP contribution >= 0.6 is 15.9 Å². The van der Waals surface area contributed by atoms with Gasteiger partial charge >= 0.3 is 0 Å². The third-order valence-corrected chi connectivity index (χ3v) is 5.12.